The molecule has 1 aliphatic heterocycles. The van der Waals surface area contributed by atoms with Gasteiger partial charge in [0.15, 0.2) is 0 Å². The molecule has 5 nitrogen and oxygen atoms in total. The Hall–Kier alpha value is -0.650. The van der Waals surface area contributed by atoms with Crippen molar-refractivity contribution in [3.8, 4) is 0 Å². The lowest BCUT2D eigenvalue weighted by molar-refractivity contribution is -0.139. The number of likely N-dealkylation sites (N-methyl/N-ethyl adjacent to an activating group) is 1. The van der Waals surface area contributed by atoms with Crippen LogP contribution in [0, 0.1) is 0 Å². The number of hydrogen-bond donors (Lipinski definition) is 1. The Balaban J connectivity index is 2.20. The smallest absolute Gasteiger partial charge is 0.317 e. The molecule has 0 bridgehead atoms. The lowest BCUT2D eigenvalue weighted by Gasteiger charge is -2.37. The summed E-state index contributed by atoms with van der Waals surface area (Å²) >= 11 is 0. The third-order valence-electron chi connectivity index (χ3n) is 3.89. The van der Waals surface area contributed by atoms with E-state index in [4.69, 9.17) is 9.84 Å². The van der Waals surface area contributed by atoms with E-state index >= 15 is 0 Å². The Morgan fingerprint density at radius 3 is 2.55 bits per heavy atom. The summed E-state index contributed by atoms with van der Waals surface area (Å²) in [6.07, 6.45) is 3.54. The monoisotopic (exact) mass is 286 g/mol. The molecule has 1 N–H and O–H groups in total. The van der Waals surface area contributed by atoms with E-state index in [1.54, 1.807) is 0 Å². The van der Waals surface area contributed by atoms with Crippen LogP contribution in [0.3, 0.4) is 0 Å². The van der Waals surface area contributed by atoms with Crippen molar-refractivity contribution >= 4 is 5.97 Å². The van der Waals surface area contributed by atoms with Gasteiger partial charge in [-0.25, -0.2) is 0 Å². The predicted molar refractivity (Wildman–Crippen MR) is 80.0 cm³/mol. The number of ether oxygens (including phenoxy) is 1. The van der Waals surface area contributed by atoms with Crippen molar-refractivity contribution in [1.29, 1.82) is 0 Å². The number of aliphatic carboxylic acids is 1. The van der Waals surface area contributed by atoms with Gasteiger partial charge in [-0.2, -0.15) is 0 Å². The minimum absolute atomic E-state index is 0.170. The third-order valence-corrected chi connectivity index (χ3v) is 3.89. The quantitative estimate of drug-likeness (QED) is 0.654. The molecule has 0 aromatic rings. The van der Waals surface area contributed by atoms with E-state index in [1.807, 2.05) is 6.92 Å². The number of nitrogens with zero attached hydrogens (tertiary/aromatic N) is 2. The average molecular weight is 286 g/mol. The van der Waals surface area contributed by atoms with Crippen molar-refractivity contribution in [3.05, 3.63) is 0 Å². The van der Waals surface area contributed by atoms with Crippen LogP contribution in [0.25, 0.3) is 0 Å². The molecule has 5 heteroatoms. The molecule has 0 aromatic carbocycles. The Morgan fingerprint density at radius 2 is 2.05 bits per heavy atom. The molecule has 1 fully saturated rings. The van der Waals surface area contributed by atoms with Gasteiger partial charge in [0, 0.05) is 19.2 Å². The van der Waals surface area contributed by atoms with Crippen LogP contribution in [-0.4, -0.2) is 72.4 Å². The van der Waals surface area contributed by atoms with Crippen molar-refractivity contribution in [2.24, 2.45) is 0 Å². The fourth-order valence-electron chi connectivity index (χ4n) is 2.79. The van der Waals surface area contributed by atoms with Gasteiger partial charge >= 0.3 is 5.97 Å². The topological polar surface area (TPSA) is 53.0 Å². The SMILES string of the molecule is CCN(CC(=O)O)C1CCN(CCCOC(C)C)CC1. The van der Waals surface area contributed by atoms with Crippen LogP contribution in [0.4, 0.5) is 0 Å². The van der Waals surface area contributed by atoms with E-state index in [1.165, 1.54) is 0 Å². The van der Waals surface area contributed by atoms with Crippen LogP contribution >= 0.6 is 0 Å². The van der Waals surface area contributed by atoms with Crippen molar-refractivity contribution in [1.82, 2.24) is 9.80 Å². The van der Waals surface area contributed by atoms with E-state index in [2.05, 4.69) is 23.6 Å². The molecule has 0 spiro atoms. The maximum atomic E-state index is 10.8. The van der Waals surface area contributed by atoms with Crippen LogP contribution in [0.5, 0.6) is 0 Å². The maximum Gasteiger partial charge on any atom is 0.317 e. The number of carbonyl (C=O) groups is 1. The third kappa shape index (κ3) is 6.68. The second-order valence-electron chi connectivity index (χ2n) is 5.80. The summed E-state index contributed by atoms with van der Waals surface area (Å²) in [7, 11) is 0. The second-order valence-corrected chi connectivity index (χ2v) is 5.80. The van der Waals surface area contributed by atoms with Gasteiger partial charge in [-0.15, -0.1) is 0 Å². The Morgan fingerprint density at radius 1 is 1.40 bits per heavy atom. The molecule has 0 radical (unpaired) electrons. The summed E-state index contributed by atoms with van der Waals surface area (Å²) in [4.78, 5) is 15.4. The van der Waals surface area contributed by atoms with Crippen molar-refractivity contribution in [2.45, 2.75) is 52.2 Å². The zero-order valence-corrected chi connectivity index (χ0v) is 13.2. The normalized spacial score (nSPS) is 18.1. The van der Waals surface area contributed by atoms with E-state index in [0.29, 0.717) is 12.1 Å². The molecule has 0 atom stereocenters. The van der Waals surface area contributed by atoms with E-state index in [-0.39, 0.29) is 6.54 Å². The van der Waals surface area contributed by atoms with Gasteiger partial charge in [0.2, 0.25) is 0 Å². The molecular weight excluding hydrogens is 256 g/mol. The summed E-state index contributed by atoms with van der Waals surface area (Å²) in [5.41, 5.74) is 0. The highest BCUT2D eigenvalue weighted by molar-refractivity contribution is 5.69. The minimum atomic E-state index is -0.722. The van der Waals surface area contributed by atoms with Crippen LogP contribution < -0.4 is 0 Å². The highest BCUT2D eigenvalue weighted by Gasteiger charge is 2.24. The number of carboxylic acid groups (broad SMARTS) is 1. The van der Waals surface area contributed by atoms with Crippen LogP contribution in [-0.2, 0) is 9.53 Å². The van der Waals surface area contributed by atoms with Crippen LogP contribution in [0.1, 0.15) is 40.0 Å². The zero-order valence-electron chi connectivity index (χ0n) is 13.2. The van der Waals surface area contributed by atoms with E-state index in [9.17, 15) is 4.79 Å². The van der Waals surface area contributed by atoms with Crippen molar-refractivity contribution < 1.29 is 14.6 Å². The van der Waals surface area contributed by atoms with Gasteiger partial charge in [-0.1, -0.05) is 6.92 Å². The lowest BCUT2D eigenvalue weighted by Crippen LogP contribution is -2.46. The Kier molecular flexibility index (Phi) is 8.11. The maximum absolute atomic E-state index is 10.8. The number of carboxylic acids is 1. The van der Waals surface area contributed by atoms with Gasteiger partial charge in [-0.05, 0) is 52.7 Å². The molecule has 1 saturated heterocycles. The highest BCUT2D eigenvalue weighted by Crippen LogP contribution is 2.16. The summed E-state index contributed by atoms with van der Waals surface area (Å²) in [6, 6.07) is 0.430. The molecule has 0 saturated carbocycles. The molecular formula is C15H30N2O3. The average Bonchev–Trinajstić information content (AvgIpc) is 2.41. The number of hydrogen-bond acceptors (Lipinski definition) is 4. The molecule has 20 heavy (non-hydrogen) atoms. The Bertz CT molecular complexity index is 276. The van der Waals surface area contributed by atoms with E-state index < -0.39 is 5.97 Å². The van der Waals surface area contributed by atoms with Crippen molar-refractivity contribution in [2.75, 3.05) is 39.3 Å². The van der Waals surface area contributed by atoms with Gasteiger partial charge in [0.05, 0.1) is 12.6 Å². The highest BCUT2D eigenvalue weighted by atomic mass is 16.5. The first-order valence-electron chi connectivity index (χ1n) is 7.82. The lowest BCUT2D eigenvalue weighted by atomic mass is 10.0. The first-order valence-corrected chi connectivity index (χ1v) is 7.82. The zero-order chi connectivity index (χ0) is 15.0. The molecule has 0 aliphatic carbocycles. The summed E-state index contributed by atoms with van der Waals surface area (Å²) in [6.45, 7) is 11.2. The summed E-state index contributed by atoms with van der Waals surface area (Å²) in [5.74, 6) is -0.722. The summed E-state index contributed by atoms with van der Waals surface area (Å²) < 4.78 is 5.55. The number of rotatable bonds is 9. The van der Waals surface area contributed by atoms with Crippen LogP contribution in [0.15, 0.2) is 0 Å². The fourth-order valence-corrected chi connectivity index (χ4v) is 2.79. The molecule has 118 valence electrons. The standard InChI is InChI=1S/C15H30N2O3/c1-4-17(12-15(18)19)14-6-9-16(10-7-14)8-5-11-20-13(2)3/h13-14H,4-12H2,1-3H3,(H,18,19). The second kappa shape index (κ2) is 9.32. The first kappa shape index (κ1) is 17.4. The largest absolute Gasteiger partial charge is 0.480 e. The molecule has 1 heterocycles. The number of piperidine rings is 1. The molecule has 0 amide bonds. The molecule has 0 unspecified atom stereocenters. The molecule has 1 aliphatic rings. The van der Waals surface area contributed by atoms with E-state index in [0.717, 1.165) is 52.0 Å². The minimum Gasteiger partial charge on any atom is -0.480 e. The number of likely N-dealkylation sites (tertiary alicyclic amines) is 1. The van der Waals surface area contributed by atoms with Crippen molar-refractivity contribution in [3.63, 3.8) is 0 Å². The Labute approximate surface area is 122 Å². The van der Waals surface area contributed by atoms with Crippen LogP contribution in [0.2, 0.25) is 0 Å². The predicted octanol–water partition coefficient (Wildman–Crippen LogP) is 1.67. The summed E-state index contributed by atoms with van der Waals surface area (Å²) in [5, 5.41) is 8.92. The first-order chi connectivity index (χ1) is 9.52. The molecule has 1 rings (SSSR count). The van der Waals surface area contributed by atoms with Gasteiger partial charge in [0.25, 0.3) is 0 Å². The fraction of sp³-hybridized carbons (Fsp3) is 0.933. The van der Waals surface area contributed by atoms with Gasteiger partial charge in [0.1, 0.15) is 0 Å². The van der Waals surface area contributed by atoms with Gasteiger partial charge < -0.3 is 14.7 Å². The molecule has 0 aromatic heterocycles. The van der Waals surface area contributed by atoms with Gasteiger partial charge in [-0.3, -0.25) is 9.69 Å².